The van der Waals surface area contributed by atoms with Crippen molar-refractivity contribution in [1.82, 2.24) is 4.31 Å². The second-order valence-corrected chi connectivity index (χ2v) is 5.78. The maximum Gasteiger partial charge on any atom is 0.214 e. The molecule has 0 radical (unpaired) electrons. The summed E-state index contributed by atoms with van der Waals surface area (Å²) in [4.78, 5) is 0. The molecule has 0 unspecified atom stereocenters. The fourth-order valence-corrected chi connectivity index (χ4v) is 3.36. The molecule has 4 heteroatoms. The molecule has 0 amide bonds. The summed E-state index contributed by atoms with van der Waals surface area (Å²) >= 11 is 0. The Morgan fingerprint density at radius 2 is 2.00 bits per heavy atom. The van der Waals surface area contributed by atoms with E-state index in [1.165, 1.54) is 6.42 Å². The van der Waals surface area contributed by atoms with Crippen molar-refractivity contribution in [1.29, 1.82) is 0 Å². The normalized spacial score (nSPS) is 26.2. The van der Waals surface area contributed by atoms with E-state index in [1.54, 1.807) is 11.2 Å². The summed E-state index contributed by atoms with van der Waals surface area (Å²) in [5.74, 6) is 0.240. The SMILES string of the molecule is CC[C@H]1CCCCN1S(=O)(=O)CC. The second-order valence-electron chi connectivity index (χ2n) is 3.57. The van der Waals surface area contributed by atoms with Crippen LogP contribution < -0.4 is 0 Å². The summed E-state index contributed by atoms with van der Waals surface area (Å²) in [6.45, 7) is 4.51. The molecule has 3 nitrogen and oxygen atoms in total. The quantitative estimate of drug-likeness (QED) is 0.702. The van der Waals surface area contributed by atoms with E-state index in [2.05, 4.69) is 6.92 Å². The third kappa shape index (κ3) is 2.44. The number of piperidine rings is 1. The lowest BCUT2D eigenvalue weighted by Crippen LogP contribution is -2.43. The van der Waals surface area contributed by atoms with Crippen LogP contribution in [0.4, 0.5) is 0 Å². The van der Waals surface area contributed by atoms with Crippen molar-refractivity contribution in [3.63, 3.8) is 0 Å². The lowest BCUT2D eigenvalue weighted by atomic mass is 10.0. The van der Waals surface area contributed by atoms with Gasteiger partial charge in [0.1, 0.15) is 0 Å². The van der Waals surface area contributed by atoms with Crippen LogP contribution in [-0.2, 0) is 10.0 Å². The molecule has 0 aromatic heterocycles. The van der Waals surface area contributed by atoms with E-state index in [1.807, 2.05) is 0 Å². The maximum absolute atomic E-state index is 11.6. The zero-order valence-electron chi connectivity index (χ0n) is 8.49. The van der Waals surface area contributed by atoms with Gasteiger partial charge < -0.3 is 0 Å². The van der Waals surface area contributed by atoms with Crippen molar-refractivity contribution >= 4 is 10.0 Å². The van der Waals surface area contributed by atoms with E-state index < -0.39 is 10.0 Å². The first kappa shape index (κ1) is 11.0. The predicted octanol–water partition coefficient (Wildman–Crippen LogP) is 1.60. The minimum Gasteiger partial charge on any atom is -0.212 e. The molecule has 0 aliphatic carbocycles. The molecule has 0 aromatic carbocycles. The Bertz CT molecular complexity index is 248. The molecule has 0 N–H and O–H groups in total. The van der Waals surface area contributed by atoms with Crippen LogP contribution >= 0.6 is 0 Å². The topological polar surface area (TPSA) is 37.4 Å². The molecule has 0 saturated carbocycles. The molecule has 78 valence electrons. The second kappa shape index (κ2) is 4.42. The first-order valence-electron chi connectivity index (χ1n) is 5.11. The van der Waals surface area contributed by atoms with Crippen LogP contribution in [0.2, 0.25) is 0 Å². The smallest absolute Gasteiger partial charge is 0.212 e. The number of hydrogen-bond acceptors (Lipinski definition) is 2. The van der Waals surface area contributed by atoms with Crippen LogP contribution in [0.15, 0.2) is 0 Å². The Hall–Kier alpha value is -0.0900. The zero-order valence-corrected chi connectivity index (χ0v) is 9.31. The number of rotatable bonds is 3. The molecule has 1 rings (SSSR count). The van der Waals surface area contributed by atoms with Gasteiger partial charge in [-0.3, -0.25) is 0 Å². The van der Waals surface area contributed by atoms with Crippen molar-refractivity contribution in [2.24, 2.45) is 0 Å². The number of hydrogen-bond donors (Lipinski definition) is 0. The zero-order chi connectivity index (χ0) is 9.90. The van der Waals surface area contributed by atoms with Crippen molar-refractivity contribution in [2.75, 3.05) is 12.3 Å². The van der Waals surface area contributed by atoms with E-state index in [9.17, 15) is 8.42 Å². The summed E-state index contributed by atoms with van der Waals surface area (Å²) < 4.78 is 25.0. The molecule has 1 aliphatic rings. The molecule has 1 fully saturated rings. The molecule has 0 spiro atoms. The van der Waals surface area contributed by atoms with E-state index in [-0.39, 0.29) is 11.8 Å². The number of nitrogens with zero attached hydrogens (tertiary/aromatic N) is 1. The Morgan fingerprint density at radius 3 is 2.54 bits per heavy atom. The molecule has 1 saturated heterocycles. The highest BCUT2D eigenvalue weighted by Crippen LogP contribution is 2.22. The summed E-state index contributed by atoms with van der Waals surface area (Å²) in [5, 5.41) is 0. The van der Waals surface area contributed by atoms with Crippen LogP contribution in [0.3, 0.4) is 0 Å². The monoisotopic (exact) mass is 205 g/mol. The highest BCUT2D eigenvalue weighted by atomic mass is 32.2. The predicted molar refractivity (Wildman–Crippen MR) is 54.1 cm³/mol. The fourth-order valence-electron chi connectivity index (χ4n) is 1.91. The average Bonchev–Trinajstić information content (AvgIpc) is 2.18. The van der Waals surface area contributed by atoms with Crippen molar-refractivity contribution in [2.45, 2.75) is 45.6 Å². The first-order valence-corrected chi connectivity index (χ1v) is 6.72. The van der Waals surface area contributed by atoms with Crippen LogP contribution in [0, 0.1) is 0 Å². The summed E-state index contributed by atoms with van der Waals surface area (Å²) in [6.07, 6.45) is 4.18. The van der Waals surface area contributed by atoms with Gasteiger partial charge in [0.25, 0.3) is 0 Å². The Kier molecular flexibility index (Phi) is 3.74. The van der Waals surface area contributed by atoms with Gasteiger partial charge in [0.2, 0.25) is 10.0 Å². The van der Waals surface area contributed by atoms with Crippen LogP contribution in [-0.4, -0.2) is 31.1 Å². The number of sulfonamides is 1. The summed E-state index contributed by atoms with van der Waals surface area (Å²) in [7, 11) is -2.95. The van der Waals surface area contributed by atoms with E-state index in [0.29, 0.717) is 0 Å². The van der Waals surface area contributed by atoms with E-state index in [0.717, 1.165) is 25.8 Å². The molecule has 0 bridgehead atoms. The molecule has 0 aromatic rings. The Labute approximate surface area is 81.2 Å². The molecule has 13 heavy (non-hydrogen) atoms. The van der Waals surface area contributed by atoms with Gasteiger partial charge in [-0.05, 0) is 26.2 Å². The highest BCUT2D eigenvalue weighted by Gasteiger charge is 2.29. The fraction of sp³-hybridized carbons (Fsp3) is 1.00. The highest BCUT2D eigenvalue weighted by molar-refractivity contribution is 7.89. The van der Waals surface area contributed by atoms with Crippen LogP contribution in [0.25, 0.3) is 0 Å². The van der Waals surface area contributed by atoms with Gasteiger partial charge in [-0.25, -0.2) is 8.42 Å². The van der Waals surface area contributed by atoms with Crippen molar-refractivity contribution < 1.29 is 8.42 Å². The first-order chi connectivity index (χ1) is 6.11. The minimum atomic E-state index is -2.95. The molecule has 1 aliphatic heterocycles. The molecular weight excluding hydrogens is 186 g/mol. The van der Waals surface area contributed by atoms with Crippen LogP contribution in [0.1, 0.15) is 39.5 Å². The molecule has 1 heterocycles. The summed E-state index contributed by atoms with van der Waals surface area (Å²) in [5.41, 5.74) is 0. The third-order valence-corrected chi connectivity index (χ3v) is 4.69. The molecule has 1 atom stereocenters. The van der Waals surface area contributed by atoms with Gasteiger partial charge in [0.05, 0.1) is 5.75 Å². The van der Waals surface area contributed by atoms with Gasteiger partial charge in [0, 0.05) is 12.6 Å². The summed E-state index contributed by atoms with van der Waals surface area (Å²) in [6, 6.07) is 0.263. The van der Waals surface area contributed by atoms with E-state index >= 15 is 0 Å². The maximum atomic E-state index is 11.6. The Morgan fingerprint density at radius 1 is 1.31 bits per heavy atom. The van der Waals surface area contributed by atoms with Gasteiger partial charge >= 0.3 is 0 Å². The standard InChI is InChI=1S/C9H19NO2S/c1-3-9-7-5-6-8-10(9)13(11,12)4-2/h9H,3-8H2,1-2H3/t9-/m0/s1. The van der Waals surface area contributed by atoms with Gasteiger partial charge in [-0.1, -0.05) is 13.3 Å². The minimum absolute atomic E-state index is 0.240. The van der Waals surface area contributed by atoms with Gasteiger partial charge in [0.15, 0.2) is 0 Å². The third-order valence-electron chi connectivity index (χ3n) is 2.77. The largest absolute Gasteiger partial charge is 0.214 e. The van der Waals surface area contributed by atoms with Crippen LogP contribution in [0.5, 0.6) is 0 Å². The lowest BCUT2D eigenvalue weighted by Gasteiger charge is -2.33. The van der Waals surface area contributed by atoms with Crippen molar-refractivity contribution in [3.8, 4) is 0 Å². The van der Waals surface area contributed by atoms with Crippen molar-refractivity contribution in [3.05, 3.63) is 0 Å². The van der Waals surface area contributed by atoms with Gasteiger partial charge in [-0.2, -0.15) is 4.31 Å². The lowest BCUT2D eigenvalue weighted by molar-refractivity contribution is 0.247. The van der Waals surface area contributed by atoms with E-state index in [4.69, 9.17) is 0 Å². The van der Waals surface area contributed by atoms with Gasteiger partial charge in [-0.15, -0.1) is 0 Å². The average molecular weight is 205 g/mol. The molecular formula is C9H19NO2S. The Balaban J connectivity index is 2.75.